The summed E-state index contributed by atoms with van der Waals surface area (Å²) in [6.45, 7) is 10.2. The number of unbranched alkanes of at least 4 members (excludes halogenated alkanes) is 2. The molecule has 17 heavy (non-hydrogen) atoms. The average Bonchev–Trinajstić information content (AvgIpc) is 2.37. The Morgan fingerprint density at radius 1 is 1.06 bits per heavy atom. The monoisotopic (exact) mass is 241 g/mol. The van der Waals surface area contributed by atoms with E-state index in [0.717, 1.165) is 45.6 Å². The molecule has 0 aliphatic carbocycles. The Hall–Kier alpha value is -0.770. The summed E-state index contributed by atoms with van der Waals surface area (Å²) < 4.78 is 0. The van der Waals surface area contributed by atoms with Crippen LogP contribution in [0.4, 0.5) is 4.79 Å². The zero-order valence-electron chi connectivity index (χ0n) is 11.4. The Morgan fingerprint density at radius 3 is 2.29 bits per heavy atom. The molecular formula is C13H27N3O. The third kappa shape index (κ3) is 5.39. The van der Waals surface area contributed by atoms with Crippen molar-refractivity contribution in [3.8, 4) is 0 Å². The standard InChI is InChI=1S/C13H27N3O/c1-3-5-7-14-13(17)16-11-9-15(10-12-16)8-6-4-2/h3-12H2,1-2H3,(H,14,17). The molecule has 0 saturated carbocycles. The molecule has 0 spiro atoms. The molecule has 2 amide bonds. The zero-order chi connectivity index (χ0) is 12.5. The van der Waals surface area contributed by atoms with Gasteiger partial charge in [0.1, 0.15) is 0 Å². The third-order valence-corrected chi connectivity index (χ3v) is 3.29. The lowest BCUT2D eigenvalue weighted by molar-refractivity contribution is 0.138. The second kappa shape index (κ2) is 8.34. The summed E-state index contributed by atoms with van der Waals surface area (Å²) in [5.41, 5.74) is 0. The number of nitrogens with zero attached hydrogens (tertiary/aromatic N) is 2. The van der Waals surface area contributed by atoms with Gasteiger partial charge in [-0.05, 0) is 19.4 Å². The van der Waals surface area contributed by atoms with E-state index in [2.05, 4.69) is 24.1 Å². The fourth-order valence-corrected chi connectivity index (χ4v) is 2.04. The van der Waals surface area contributed by atoms with Crippen LogP contribution in [0.2, 0.25) is 0 Å². The fourth-order valence-electron chi connectivity index (χ4n) is 2.04. The highest BCUT2D eigenvalue weighted by Crippen LogP contribution is 2.03. The van der Waals surface area contributed by atoms with Gasteiger partial charge in [0, 0.05) is 32.7 Å². The fraction of sp³-hybridized carbons (Fsp3) is 0.923. The van der Waals surface area contributed by atoms with E-state index in [9.17, 15) is 4.79 Å². The number of urea groups is 1. The van der Waals surface area contributed by atoms with Crippen LogP contribution in [0.25, 0.3) is 0 Å². The van der Waals surface area contributed by atoms with Gasteiger partial charge in [-0.3, -0.25) is 4.90 Å². The van der Waals surface area contributed by atoms with Gasteiger partial charge in [0.05, 0.1) is 0 Å². The van der Waals surface area contributed by atoms with Crippen LogP contribution in [-0.2, 0) is 0 Å². The van der Waals surface area contributed by atoms with Gasteiger partial charge in [-0.25, -0.2) is 4.79 Å². The molecule has 4 heteroatoms. The molecule has 1 saturated heterocycles. The van der Waals surface area contributed by atoms with Crippen LogP contribution in [0.15, 0.2) is 0 Å². The van der Waals surface area contributed by atoms with E-state index in [-0.39, 0.29) is 6.03 Å². The van der Waals surface area contributed by atoms with Crippen molar-refractivity contribution in [1.82, 2.24) is 15.1 Å². The van der Waals surface area contributed by atoms with Gasteiger partial charge in [-0.15, -0.1) is 0 Å². The highest BCUT2D eigenvalue weighted by atomic mass is 16.2. The van der Waals surface area contributed by atoms with Crippen LogP contribution in [0, 0.1) is 0 Å². The summed E-state index contributed by atoms with van der Waals surface area (Å²) in [6, 6.07) is 0.119. The molecule has 4 nitrogen and oxygen atoms in total. The smallest absolute Gasteiger partial charge is 0.317 e. The van der Waals surface area contributed by atoms with Gasteiger partial charge in [0.15, 0.2) is 0 Å². The van der Waals surface area contributed by atoms with Gasteiger partial charge in [0.2, 0.25) is 0 Å². The van der Waals surface area contributed by atoms with E-state index in [1.54, 1.807) is 0 Å². The first-order chi connectivity index (χ1) is 8.27. The number of hydrogen-bond donors (Lipinski definition) is 1. The molecule has 0 aromatic rings. The zero-order valence-corrected chi connectivity index (χ0v) is 11.4. The van der Waals surface area contributed by atoms with E-state index < -0.39 is 0 Å². The molecule has 0 aromatic carbocycles. The van der Waals surface area contributed by atoms with Gasteiger partial charge in [0.25, 0.3) is 0 Å². The number of amides is 2. The first-order valence-electron chi connectivity index (χ1n) is 7.03. The lowest BCUT2D eigenvalue weighted by Gasteiger charge is -2.34. The molecule has 100 valence electrons. The maximum Gasteiger partial charge on any atom is 0.317 e. The Kier molecular flexibility index (Phi) is 7.01. The molecular weight excluding hydrogens is 214 g/mol. The summed E-state index contributed by atoms with van der Waals surface area (Å²) in [5, 5.41) is 2.98. The van der Waals surface area contributed by atoms with Crippen molar-refractivity contribution >= 4 is 6.03 Å². The lowest BCUT2D eigenvalue weighted by Crippen LogP contribution is -2.51. The number of piperazine rings is 1. The predicted molar refractivity (Wildman–Crippen MR) is 71.2 cm³/mol. The number of rotatable bonds is 6. The Bertz CT molecular complexity index is 213. The largest absolute Gasteiger partial charge is 0.338 e. The highest BCUT2D eigenvalue weighted by molar-refractivity contribution is 5.74. The van der Waals surface area contributed by atoms with Gasteiger partial charge in [-0.1, -0.05) is 26.7 Å². The second-order valence-electron chi connectivity index (χ2n) is 4.77. The number of carbonyl (C=O) groups excluding carboxylic acids is 1. The van der Waals surface area contributed by atoms with Crippen molar-refractivity contribution in [1.29, 1.82) is 0 Å². The van der Waals surface area contributed by atoms with Gasteiger partial charge in [-0.2, -0.15) is 0 Å². The normalized spacial score (nSPS) is 17.2. The minimum absolute atomic E-state index is 0.119. The molecule has 1 aliphatic rings. The molecule has 0 radical (unpaired) electrons. The summed E-state index contributed by atoms with van der Waals surface area (Å²) in [6.07, 6.45) is 4.72. The summed E-state index contributed by atoms with van der Waals surface area (Å²) in [7, 11) is 0. The van der Waals surface area contributed by atoms with Crippen LogP contribution in [-0.4, -0.2) is 55.1 Å². The quantitative estimate of drug-likeness (QED) is 0.721. The molecule has 0 atom stereocenters. The predicted octanol–water partition coefficient (Wildman–Crippen LogP) is 1.91. The topological polar surface area (TPSA) is 35.6 Å². The van der Waals surface area contributed by atoms with Crippen LogP contribution in [0.1, 0.15) is 39.5 Å². The van der Waals surface area contributed by atoms with Crippen molar-refractivity contribution in [2.24, 2.45) is 0 Å². The van der Waals surface area contributed by atoms with E-state index >= 15 is 0 Å². The average molecular weight is 241 g/mol. The summed E-state index contributed by atoms with van der Waals surface area (Å²) >= 11 is 0. The van der Waals surface area contributed by atoms with Gasteiger partial charge < -0.3 is 10.2 Å². The Balaban J connectivity index is 2.15. The summed E-state index contributed by atoms with van der Waals surface area (Å²) in [5.74, 6) is 0. The molecule has 1 aliphatic heterocycles. The molecule has 1 fully saturated rings. The van der Waals surface area contributed by atoms with E-state index in [1.807, 2.05) is 4.90 Å². The number of carbonyl (C=O) groups is 1. The third-order valence-electron chi connectivity index (χ3n) is 3.29. The van der Waals surface area contributed by atoms with E-state index in [4.69, 9.17) is 0 Å². The number of hydrogen-bond acceptors (Lipinski definition) is 2. The Morgan fingerprint density at radius 2 is 1.71 bits per heavy atom. The van der Waals surface area contributed by atoms with Crippen LogP contribution in [0.3, 0.4) is 0 Å². The molecule has 1 rings (SSSR count). The SMILES string of the molecule is CCCCNC(=O)N1CCN(CCCC)CC1. The molecule has 0 bridgehead atoms. The molecule has 1 heterocycles. The van der Waals surface area contributed by atoms with Crippen molar-refractivity contribution in [2.75, 3.05) is 39.3 Å². The highest BCUT2D eigenvalue weighted by Gasteiger charge is 2.19. The lowest BCUT2D eigenvalue weighted by atomic mass is 10.2. The number of nitrogens with one attached hydrogen (secondary N) is 1. The van der Waals surface area contributed by atoms with Crippen molar-refractivity contribution in [3.63, 3.8) is 0 Å². The van der Waals surface area contributed by atoms with E-state index in [1.165, 1.54) is 19.4 Å². The van der Waals surface area contributed by atoms with Crippen molar-refractivity contribution in [3.05, 3.63) is 0 Å². The Labute approximate surface area is 105 Å². The molecule has 0 aromatic heterocycles. The maximum absolute atomic E-state index is 11.8. The molecule has 1 N–H and O–H groups in total. The first kappa shape index (κ1) is 14.3. The molecule has 0 unspecified atom stereocenters. The summed E-state index contributed by atoms with van der Waals surface area (Å²) in [4.78, 5) is 16.2. The minimum Gasteiger partial charge on any atom is -0.338 e. The van der Waals surface area contributed by atoms with Crippen molar-refractivity contribution < 1.29 is 4.79 Å². The minimum atomic E-state index is 0.119. The van der Waals surface area contributed by atoms with Crippen LogP contribution >= 0.6 is 0 Å². The van der Waals surface area contributed by atoms with Gasteiger partial charge >= 0.3 is 6.03 Å². The van der Waals surface area contributed by atoms with Crippen molar-refractivity contribution in [2.45, 2.75) is 39.5 Å². The van der Waals surface area contributed by atoms with Crippen LogP contribution in [0.5, 0.6) is 0 Å². The van der Waals surface area contributed by atoms with E-state index in [0.29, 0.717) is 0 Å². The van der Waals surface area contributed by atoms with Crippen LogP contribution < -0.4 is 5.32 Å². The first-order valence-corrected chi connectivity index (χ1v) is 7.03. The second-order valence-corrected chi connectivity index (χ2v) is 4.77. The maximum atomic E-state index is 11.8.